The summed E-state index contributed by atoms with van der Waals surface area (Å²) >= 11 is 6.09. The number of nitrogens with one attached hydrogen (secondary N) is 1. The van der Waals surface area contributed by atoms with Gasteiger partial charge in [0.15, 0.2) is 11.5 Å². The van der Waals surface area contributed by atoms with Gasteiger partial charge in [0.2, 0.25) is 0 Å². The molecule has 1 N–H and O–H groups in total. The molecule has 2 aromatic heterocycles. The summed E-state index contributed by atoms with van der Waals surface area (Å²) < 4.78 is 6.93. The maximum absolute atomic E-state index is 12.0. The first-order chi connectivity index (χ1) is 10.7. The maximum Gasteiger partial charge on any atom is 0.273 e. The van der Waals surface area contributed by atoms with Crippen LogP contribution >= 0.6 is 11.6 Å². The van der Waals surface area contributed by atoms with Crippen LogP contribution in [0.1, 0.15) is 10.5 Å². The zero-order valence-corrected chi connectivity index (χ0v) is 12.3. The van der Waals surface area contributed by atoms with Crippen molar-refractivity contribution in [2.75, 3.05) is 6.54 Å². The molecule has 3 rings (SSSR count). The summed E-state index contributed by atoms with van der Waals surface area (Å²) in [5, 5.41) is 11.1. The molecule has 0 bridgehead atoms. The normalized spacial score (nSPS) is 10.6. The van der Waals surface area contributed by atoms with Crippen LogP contribution in [0.4, 0.5) is 0 Å². The average molecular weight is 317 g/mol. The van der Waals surface area contributed by atoms with Crippen LogP contribution in [0.3, 0.4) is 0 Å². The standard InChI is InChI=1S/C15H13ClN4O2/c16-12-5-2-1-4-11(12)14-10-13(19-22-14)15(21)17-7-9-20-8-3-6-18-20/h1-6,8,10H,7,9H2,(H,17,21). The summed E-state index contributed by atoms with van der Waals surface area (Å²) in [6.07, 6.45) is 3.52. The molecule has 0 aliphatic carbocycles. The molecule has 2 heterocycles. The zero-order chi connectivity index (χ0) is 15.4. The highest BCUT2D eigenvalue weighted by Crippen LogP contribution is 2.27. The van der Waals surface area contributed by atoms with E-state index in [-0.39, 0.29) is 11.6 Å². The Labute approximate surface area is 131 Å². The third kappa shape index (κ3) is 3.17. The topological polar surface area (TPSA) is 73.0 Å². The average Bonchev–Trinajstić information content (AvgIpc) is 3.19. The van der Waals surface area contributed by atoms with Crippen LogP contribution in [-0.2, 0) is 6.54 Å². The molecule has 112 valence electrons. The predicted molar refractivity (Wildman–Crippen MR) is 81.5 cm³/mol. The second-order valence-electron chi connectivity index (χ2n) is 4.58. The Kier molecular flexibility index (Phi) is 4.20. The van der Waals surface area contributed by atoms with Crippen molar-refractivity contribution in [2.45, 2.75) is 6.54 Å². The number of nitrogens with zero attached hydrogens (tertiary/aromatic N) is 3. The maximum atomic E-state index is 12.0. The minimum absolute atomic E-state index is 0.218. The van der Waals surface area contributed by atoms with Crippen molar-refractivity contribution in [2.24, 2.45) is 0 Å². The lowest BCUT2D eigenvalue weighted by Crippen LogP contribution is -2.27. The minimum atomic E-state index is -0.297. The molecule has 22 heavy (non-hydrogen) atoms. The molecule has 1 aromatic carbocycles. The first kappa shape index (κ1) is 14.3. The molecule has 1 amide bonds. The fraction of sp³-hybridized carbons (Fsp3) is 0.133. The summed E-state index contributed by atoms with van der Waals surface area (Å²) in [6, 6.07) is 10.6. The van der Waals surface area contributed by atoms with Crippen LogP contribution in [0.25, 0.3) is 11.3 Å². The van der Waals surface area contributed by atoms with Gasteiger partial charge < -0.3 is 9.84 Å². The van der Waals surface area contributed by atoms with Crippen LogP contribution in [0.5, 0.6) is 0 Å². The fourth-order valence-corrected chi connectivity index (χ4v) is 2.21. The van der Waals surface area contributed by atoms with Crippen LogP contribution in [-0.4, -0.2) is 27.4 Å². The Morgan fingerprint density at radius 1 is 1.32 bits per heavy atom. The van der Waals surface area contributed by atoms with E-state index in [1.54, 1.807) is 23.0 Å². The molecule has 0 saturated heterocycles. The molecule has 0 spiro atoms. The van der Waals surface area contributed by atoms with Crippen LogP contribution < -0.4 is 5.32 Å². The van der Waals surface area contributed by atoms with Crippen LogP contribution in [0.2, 0.25) is 5.02 Å². The van der Waals surface area contributed by atoms with Gasteiger partial charge in [0.05, 0.1) is 11.6 Å². The number of hydrogen-bond donors (Lipinski definition) is 1. The van der Waals surface area contributed by atoms with Gasteiger partial charge in [-0.05, 0) is 18.2 Å². The quantitative estimate of drug-likeness (QED) is 0.785. The number of carbonyl (C=O) groups is 1. The Balaban J connectivity index is 1.63. The third-order valence-electron chi connectivity index (χ3n) is 3.07. The van der Waals surface area contributed by atoms with Crippen molar-refractivity contribution in [3.8, 4) is 11.3 Å². The van der Waals surface area contributed by atoms with Gasteiger partial charge in [-0.2, -0.15) is 5.10 Å². The van der Waals surface area contributed by atoms with Crippen molar-refractivity contribution in [3.05, 3.63) is 59.5 Å². The lowest BCUT2D eigenvalue weighted by molar-refractivity contribution is 0.0943. The van der Waals surface area contributed by atoms with Crippen molar-refractivity contribution in [1.82, 2.24) is 20.3 Å². The number of amides is 1. The zero-order valence-electron chi connectivity index (χ0n) is 11.6. The molecule has 0 aliphatic rings. The molecular formula is C15H13ClN4O2. The van der Waals surface area contributed by atoms with Crippen molar-refractivity contribution < 1.29 is 9.32 Å². The third-order valence-corrected chi connectivity index (χ3v) is 3.40. The molecule has 6 nitrogen and oxygen atoms in total. The van der Waals surface area contributed by atoms with Gasteiger partial charge in [0.1, 0.15) is 0 Å². The number of halogens is 1. The van der Waals surface area contributed by atoms with Gasteiger partial charge in [-0.1, -0.05) is 28.9 Å². The van der Waals surface area contributed by atoms with E-state index in [9.17, 15) is 4.79 Å². The van der Waals surface area contributed by atoms with E-state index < -0.39 is 0 Å². The summed E-state index contributed by atoms with van der Waals surface area (Å²) in [5.41, 5.74) is 0.919. The summed E-state index contributed by atoms with van der Waals surface area (Å²) in [5.74, 6) is 0.164. The van der Waals surface area contributed by atoms with Gasteiger partial charge in [-0.15, -0.1) is 0 Å². The van der Waals surface area contributed by atoms with Crippen molar-refractivity contribution in [1.29, 1.82) is 0 Å². The van der Waals surface area contributed by atoms with E-state index in [0.717, 1.165) is 0 Å². The first-order valence-electron chi connectivity index (χ1n) is 6.71. The smallest absolute Gasteiger partial charge is 0.273 e. The van der Waals surface area contributed by atoms with Gasteiger partial charge in [0.25, 0.3) is 5.91 Å². The molecule has 3 aromatic rings. The molecule has 0 fully saturated rings. The van der Waals surface area contributed by atoms with E-state index in [1.165, 1.54) is 0 Å². The second kappa shape index (κ2) is 6.44. The van der Waals surface area contributed by atoms with E-state index in [2.05, 4.69) is 15.6 Å². The SMILES string of the molecule is O=C(NCCn1cccn1)c1cc(-c2ccccc2Cl)on1. The predicted octanol–water partition coefficient (Wildman–Crippen LogP) is 2.62. The number of hydrogen-bond acceptors (Lipinski definition) is 4. The highest BCUT2D eigenvalue weighted by Gasteiger charge is 2.14. The summed E-state index contributed by atoms with van der Waals surface area (Å²) in [7, 11) is 0. The second-order valence-corrected chi connectivity index (χ2v) is 4.99. The lowest BCUT2D eigenvalue weighted by atomic mass is 10.1. The number of benzene rings is 1. The number of rotatable bonds is 5. The molecule has 0 saturated carbocycles. The number of aromatic nitrogens is 3. The van der Waals surface area contributed by atoms with E-state index in [4.69, 9.17) is 16.1 Å². The molecule has 0 radical (unpaired) electrons. The minimum Gasteiger partial charge on any atom is -0.355 e. The molecular weight excluding hydrogens is 304 g/mol. The van der Waals surface area contributed by atoms with E-state index in [1.807, 2.05) is 30.5 Å². The molecule has 0 unspecified atom stereocenters. The van der Waals surface area contributed by atoms with E-state index >= 15 is 0 Å². The van der Waals surface area contributed by atoms with Crippen molar-refractivity contribution >= 4 is 17.5 Å². The van der Waals surface area contributed by atoms with Crippen LogP contribution in [0.15, 0.2) is 53.3 Å². The Hall–Kier alpha value is -2.60. The monoisotopic (exact) mass is 316 g/mol. The lowest BCUT2D eigenvalue weighted by Gasteiger charge is -2.02. The highest BCUT2D eigenvalue weighted by atomic mass is 35.5. The van der Waals surface area contributed by atoms with Gasteiger partial charge in [0, 0.05) is 30.6 Å². The highest BCUT2D eigenvalue weighted by molar-refractivity contribution is 6.33. The Morgan fingerprint density at radius 3 is 2.95 bits per heavy atom. The summed E-state index contributed by atoms with van der Waals surface area (Å²) in [4.78, 5) is 12.0. The molecule has 7 heteroatoms. The fourth-order valence-electron chi connectivity index (χ4n) is 1.98. The number of carbonyl (C=O) groups excluding carboxylic acids is 1. The van der Waals surface area contributed by atoms with E-state index in [0.29, 0.717) is 29.4 Å². The first-order valence-corrected chi connectivity index (χ1v) is 7.09. The van der Waals surface area contributed by atoms with Crippen LogP contribution in [0, 0.1) is 0 Å². The van der Waals surface area contributed by atoms with Crippen molar-refractivity contribution in [3.63, 3.8) is 0 Å². The molecule has 0 aliphatic heterocycles. The summed E-state index contributed by atoms with van der Waals surface area (Å²) in [6.45, 7) is 1.04. The van der Waals surface area contributed by atoms with Gasteiger partial charge >= 0.3 is 0 Å². The van der Waals surface area contributed by atoms with Gasteiger partial charge in [-0.3, -0.25) is 9.48 Å². The Morgan fingerprint density at radius 2 is 2.18 bits per heavy atom. The largest absolute Gasteiger partial charge is 0.355 e. The van der Waals surface area contributed by atoms with Gasteiger partial charge in [-0.25, -0.2) is 0 Å². The Bertz CT molecular complexity index is 767. The molecule has 0 atom stereocenters.